The number of hydrogen-bond acceptors (Lipinski definition) is 2. The Labute approximate surface area is 127 Å². The number of rotatable bonds is 3. The Kier molecular flexibility index (Phi) is 3.50. The van der Waals surface area contributed by atoms with Gasteiger partial charge in [-0.25, -0.2) is 0 Å². The molecule has 0 radical (unpaired) electrons. The van der Waals surface area contributed by atoms with E-state index in [0.29, 0.717) is 6.04 Å². The van der Waals surface area contributed by atoms with Crippen molar-refractivity contribution in [1.82, 2.24) is 5.32 Å². The number of nitrogens with one attached hydrogen (secondary N) is 1. The maximum absolute atomic E-state index is 5.95. The molecule has 2 nitrogen and oxygen atoms in total. The molecule has 1 aliphatic rings. The predicted octanol–water partition coefficient (Wildman–Crippen LogP) is 4.35. The average molecular weight is 281 g/mol. The van der Waals surface area contributed by atoms with Crippen molar-refractivity contribution in [2.45, 2.75) is 38.8 Å². The van der Waals surface area contributed by atoms with Gasteiger partial charge in [-0.1, -0.05) is 24.3 Å². The van der Waals surface area contributed by atoms with E-state index >= 15 is 0 Å². The highest BCUT2D eigenvalue weighted by Crippen LogP contribution is 2.37. The first-order valence-electron chi connectivity index (χ1n) is 7.58. The third-order valence-electron chi connectivity index (χ3n) is 4.22. The molecule has 0 saturated heterocycles. The zero-order valence-electron chi connectivity index (χ0n) is 13.2. The highest BCUT2D eigenvalue weighted by atomic mass is 16.5. The largest absolute Gasteiger partial charge is 0.487 e. The van der Waals surface area contributed by atoms with Gasteiger partial charge in [0.05, 0.1) is 0 Å². The van der Waals surface area contributed by atoms with Crippen LogP contribution in [0.25, 0.3) is 11.1 Å². The summed E-state index contributed by atoms with van der Waals surface area (Å²) in [4.78, 5) is 0. The topological polar surface area (TPSA) is 21.3 Å². The van der Waals surface area contributed by atoms with Gasteiger partial charge in [0.15, 0.2) is 0 Å². The van der Waals surface area contributed by atoms with E-state index < -0.39 is 0 Å². The highest BCUT2D eigenvalue weighted by Gasteiger charge is 2.29. The maximum atomic E-state index is 5.95. The number of benzene rings is 2. The van der Waals surface area contributed by atoms with Gasteiger partial charge in [0.2, 0.25) is 0 Å². The molecule has 0 aromatic heterocycles. The smallest absolute Gasteiger partial charge is 0.123 e. The summed E-state index contributed by atoms with van der Waals surface area (Å²) in [6.45, 7) is 6.46. The second-order valence-electron chi connectivity index (χ2n) is 6.50. The van der Waals surface area contributed by atoms with Crippen molar-refractivity contribution < 1.29 is 4.74 Å². The van der Waals surface area contributed by atoms with Gasteiger partial charge in [-0.2, -0.15) is 0 Å². The molecule has 0 spiro atoms. The number of ether oxygens (including phenoxy) is 1. The molecular formula is C19H23NO. The molecule has 1 unspecified atom stereocenters. The van der Waals surface area contributed by atoms with Gasteiger partial charge in [0, 0.05) is 12.5 Å². The Balaban J connectivity index is 1.96. The molecule has 0 amide bonds. The van der Waals surface area contributed by atoms with Crippen molar-refractivity contribution in [1.29, 1.82) is 0 Å². The summed E-state index contributed by atoms with van der Waals surface area (Å²) in [5.41, 5.74) is 5.07. The Bertz CT molecular complexity index is 660. The van der Waals surface area contributed by atoms with Gasteiger partial charge in [-0.05, 0) is 68.3 Å². The molecule has 2 aromatic carbocycles. The Hall–Kier alpha value is -1.80. The van der Waals surface area contributed by atoms with Crippen LogP contribution in [0, 0.1) is 0 Å². The first-order valence-corrected chi connectivity index (χ1v) is 7.58. The van der Waals surface area contributed by atoms with Gasteiger partial charge in [-0.3, -0.25) is 0 Å². The maximum Gasteiger partial charge on any atom is 0.123 e. The minimum absolute atomic E-state index is 0.0799. The van der Waals surface area contributed by atoms with E-state index in [0.717, 1.165) is 12.2 Å². The molecule has 0 aliphatic carbocycles. The molecule has 3 rings (SSSR count). The highest BCUT2D eigenvalue weighted by molar-refractivity contribution is 5.67. The summed E-state index contributed by atoms with van der Waals surface area (Å²) in [6.07, 6.45) is 0.975. The Morgan fingerprint density at radius 1 is 1.10 bits per heavy atom. The lowest BCUT2D eigenvalue weighted by Gasteiger charge is -2.16. The van der Waals surface area contributed by atoms with Crippen molar-refractivity contribution in [3.05, 3.63) is 53.6 Å². The van der Waals surface area contributed by atoms with Gasteiger partial charge < -0.3 is 10.1 Å². The van der Waals surface area contributed by atoms with Crippen LogP contribution in [0.1, 0.15) is 37.9 Å². The molecule has 1 heterocycles. The van der Waals surface area contributed by atoms with Crippen LogP contribution < -0.4 is 10.1 Å². The summed E-state index contributed by atoms with van der Waals surface area (Å²) in [5, 5.41) is 3.29. The summed E-state index contributed by atoms with van der Waals surface area (Å²) >= 11 is 0. The summed E-state index contributed by atoms with van der Waals surface area (Å²) in [6, 6.07) is 15.6. The molecule has 1 aliphatic heterocycles. The Morgan fingerprint density at radius 2 is 1.86 bits per heavy atom. The van der Waals surface area contributed by atoms with E-state index in [9.17, 15) is 0 Å². The molecule has 1 atom stereocenters. The monoisotopic (exact) mass is 281 g/mol. The quantitative estimate of drug-likeness (QED) is 0.903. The second kappa shape index (κ2) is 5.19. The predicted molar refractivity (Wildman–Crippen MR) is 87.8 cm³/mol. The third kappa shape index (κ3) is 2.81. The minimum atomic E-state index is -0.0799. The fourth-order valence-corrected chi connectivity index (χ4v) is 2.94. The molecule has 0 saturated carbocycles. The molecule has 1 N–H and O–H groups in total. The molecule has 0 fully saturated rings. The molecule has 110 valence electrons. The van der Waals surface area contributed by atoms with Gasteiger partial charge in [0.25, 0.3) is 0 Å². The third-order valence-corrected chi connectivity index (χ3v) is 4.22. The lowest BCUT2D eigenvalue weighted by atomic mass is 9.96. The molecular weight excluding hydrogens is 258 g/mol. The van der Waals surface area contributed by atoms with Crippen LogP contribution in [0.15, 0.2) is 42.5 Å². The fourth-order valence-electron chi connectivity index (χ4n) is 2.94. The van der Waals surface area contributed by atoms with Gasteiger partial charge in [-0.15, -0.1) is 0 Å². The lowest BCUT2D eigenvalue weighted by Crippen LogP contribution is -2.24. The van der Waals surface area contributed by atoms with Crippen LogP contribution in [-0.4, -0.2) is 12.6 Å². The number of hydrogen-bond donors (Lipinski definition) is 1. The molecule has 0 bridgehead atoms. The molecule has 2 heteroatoms. The Morgan fingerprint density at radius 3 is 2.62 bits per heavy atom. The van der Waals surface area contributed by atoms with Crippen molar-refractivity contribution >= 4 is 0 Å². The number of fused-ring (bicyclic) bond motifs is 1. The first-order chi connectivity index (χ1) is 9.98. The van der Waals surface area contributed by atoms with Crippen LogP contribution >= 0.6 is 0 Å². The van der Waals surface area contributed by atoms with E-state index in [1.54, 1.807) is 0 Å². The zero-order chi connectivity index (χ0) is 15.0. The fraction of sp³-hybridized carbons (Fsp3) is 0.368. The van der Waals surface area contributed by atoms with Crippen molar-refractivity contribution in [3.8, 4) is 16.9 Å². The van der Waals surface area contributed by atoms with Crippen LogP contribution in [0.2, 0.25) is 0 Å². The molecule has 21 heavy (non-hydrogen) atoms. The van der Waals surface area contributed by atoms with E-state index in [4.69, 9.17) is 4.74 Å². The van der Waals surface area contributed by atoms with E-state index in [1.165, 1.54) is 22.3 Å². The van der Waals surface area contributed by atoms with Crippen LogP contribution in [-0.2, 0) is 6.42 Å². The first kappa shape index (κ1) is 14.2. The van der Waals surface area contributed by atoms with Crippen LogP contribution in [0.3, 0.4) is 0 Å². The standard InChI is InChI=1S/C19H23NO/c1-13(20-4)14-6-5-7-15(10-14)16-8-9-18-17(11-16)12-19(2,3)21-18/h5-11,13,20H,12H2,1-4H3. The van der Waals surface area contributed by atoms with Gasteiger partial charge in [0.1, 0.15) is 11.4 Å². The average Bonchev–Trinajstić information content (AvgIpc) is 2.79. The SMILES string of the molecule is CNC(C)c1cccc(-c2ccc3c(c2)CC(C)(C)O3)c1. The van der Waals surface area contributed by atoms with Crippen molar-refractivity contribution in [2.24, 2.45) is 0 Å². The van der Waals surface area contributed by atoms with Gasteiger partial charge >= 0.3 is 0 Å². The summed E-state index contributed by atoms with van der Waals surface area (Å²) in [5.74, 6) is 1.03. The minimum Gasteiger partial charge on any atom is -0.487 e. The van der Waals surface area contributed by atoms with Crippen LogP contribution in [0.5, 0.6) is 5.75 Å². The van der Waals surface area contributed by atoms with Crippen molar-refractivity contribution in [3.63, 3.8) is 0 Å². The van der Waals surface area contributed by atoms with Crippen LogP contribution in [0.4, 0.5) is 0 Å². The second-order valence-corrected chi connectivity index (χ2v) is 6.50. The zero-order valence-corrected chi connectivity index (χ0v) is 13.2. The van der Waals surface area contributed by atoms with E-state index in [2.05, 4.69) is 68.6 Å². The lowest BCUT2D eigenvalue weighted by molar-refractivity contribution is 0.138. The normalized spacial score (nSPS) is 17.1. The summed E-state index contributed by atoms with van der Waals surface area (Å²) in [7, 11) is 1.99. The van der Waals surface area contributed by atoms with Crippen molar-refractivity contribution in [2.75, 3.05) is 7.05 Å². The molecule has 2 aromatic rings. The van der Waals surface area contributed by atoms with E-state index in [1.807, 2.05) is 7.05 Å². The summed E-state index contributed by atoms with van der Waals surface area (Å²) < 4.78 is 5.95. The van der Waals surface area contributed by atoms with E-state index in [-0.39, 0.29) is 5.60 Å².